The summed E-state index contributed by atoms with van der Waals surface area (Å²) < 4.78 is 18.2. The number of ether oxygens (including phenoxy) is 3. The molecule has 0 aliphatic carbocycles. The first-order chi connectivity index (χ1) is 15.0. The molecule has 0 saturated carbocycles. The molecule has 10 heteroatoms. The Morgan fingerprint density at radius 2 is 2.00 bits per heavy atom. The minimum atomic E-state index is -0.162. The number of carbonyl (C=O) groups is 1. The maximum absolute atomic E-state index is 12.4. The molecule has 0 spiro atoms. The summed E-state index contributed by atoms with van der Waals surface area (Å²) in [5.74, 6) is 2.89. The first kappa shape index (κ1) is 21.3. The van der Waals surface area contributed by atoms with Gasteiger partial charge < -0.3 is 24.1 Å². The zero-order valence-corrected chi connectivity index (χ0v) is 18.6. The van der Waals surface area contributed by atoms with Crippen molar-refractivity contribution in [3.63, 3.8) is 0 Å². The second kappa shape index (κ2) is 9.49. The number of hydrogen-bond donors (Lipinski definition) is 1. The third-order valence-electron chi connectivity index (χ3n) is 4.71. The van der Waals surface area contributed by atoms with E-state index >= 15 is 0 Å². The van der Waals surface area contributed by atoms with Gasteiger partial charge in [-0.1, -0.05) is 29.4 Å². The number of carbonyl (C=O) groups excluding carboxylic acids is 1. The summed E-state index contributed by atoms with van der Waals surface area (Å²) in [6, 6.07) is 12.6. The van der Waals surface area contributed by atoms with E-state index in [0.29, 0.717) is 27.5 Å². The Bertz CT molecular complexity index is 1070. The predicted molar refractivity (Wildman–Crippen MR) is 117 cm³/mol. The maximum atomic E-state index is 12.4. The van der Waals surface area contributed by atoms with Gasteiger partial charge in [0.05, 0.1) is 11.8 Å². The van der Waals surface area contributed by atoms with Gasteiger partial charge >= 0.3 is 0 Å². The van der Waals surface area contributed by atoms with E-state index in [0.717, 1.165) is 11.3 Å². The maximum Gasteiger partial charge on any atom is 0.231 e. The van der Waals surface area contributed by atoms with Gasteiger partial charge in [-0.3, -0.25) is 4.79 Å². The van der Waals surface area contributed by atoms with E-state index in [9.17, 15) is 4.79 Å². The lowest BCUT2D eigenvalue weighted by molar-refractivity contribution is -0.119. The standard InChI is InChI=1S/C21H21ClN4O4S/c1-13(14-3-8-17-18(9-14)30-12-29-17)23-20(27)11-31-21-25-24-19(26(21)2)10-28-16-6-4-15(22)5-7-16/h3-9,13H,10-12H2,1-2H3,(H,23,27)/t13-/m0/s1. The lowest BCUT2D eigenvalue weighted by Gasteiger charge is -2.14. The number of nitrogens with one attached hydrogen (secondary N) is 1. The predicted octanol–water partition coefficient (Wildman–Crippen LogP) is 3.75. The van der Waals surface area contributed by atoms with Crippen LogP contribution in [0.4, 0.5) is 0 Å². The fourth-order valence-electron chi connectivity index (χ4n) is 2.95. The number of aromatic nitrogens is 3. The van der Waals surface area contributed by atoms with Gasteiger partial charge in [-0.05, 0) is 48.9 Å². The SMILES string of the molecule is C[C@H](NC(=O)CSc1nnc(COc2ccc(Cl)cc2)n1C)c1ccc2c(c1)OCO2. The molecule has 2 aromatic carbocycles. The summed E-state index contributed by atoms with van der Waals surface area (Å²) >= 11 is 7.19. The van der Waals surface area contributed by atoms with Crippen LogP contribution in [0.2, 0.25) is 5.02 Å². The molecule has 1 atom stereocenters. The summed E-state index contributed by atoms with van der Waals surface area (Å²) in [4.78, 5) is 12.4. The molecular weight excluding hydrogens is 440 g/mol. The smallest absolute Gasteiger partial charge is 0.231 e. The van der Waals surface area contributed by atoms with Crippen LogP contribution in [0.3, 0.4) is 0 Å². The van der Waals surface area contributed by atoms with Crippen molar-refractivity contribution in [1.29, 1.82) is 0 Å². The van der Waals surface area contributed by atoms with Crippen LogP contribution in [-0.2, 0) is 18.4 Å². The summed E-state index contributed by atoms with van der Waals surface area (Å²) in [6.45, 7) is 2.41. The molecule has 1 aliphatic heterocycles. The normalized spacial score (nSPS) is 13.1. The third kappa shape index (κ3) is 5.23. The van der Waals surface area contributed by atoms with Gasteiger partial charge in [0, 0.05) is 12.1 Å². The first-order valence-electron chi connectivity index (χ1n) is 9.58. The average Bonchev–Trinajstić information content (AvgIpc) is 3.37. The van der Waals surface area contributed by atoms with Crippen molar-refractivity contribution in [2.75, 3.05) is 12.5 Å². The van der Waals surface area contributed by atoms with Crippen molar-refractivity contribution >= 4 is 29.3 Å². The van der Waals surface area contributed by atoms with Gasteiger partial charge in [-0.2, -0.15) is 0 Å². The molecule has 4 rings (SSSR count). The van der Waals surface area contributed by atoms with Crippen molar-refractivity contribution < 1.29 is 19.0 Å². The lowest BCUT2D eigenvalue weighted by atomic mass is 10.1. The Morgan fingerprint density at radius 1 is 1.23 bits per heavy atom. The Hall–Kier alpha value is -2.91. The Kier molecular flexibility index (Phi) is 6.53. The zero-order valence-electron chi connectivity index (χ0n) is 17.0. The summed E-state index contributed by atoms with van der Waals surface area (Å²) in [6.07, 6.45) is 0. The van der Waals surface area contributed by atoms with Crippen LogP contribution < -0.4 is 19.5 Å². The molecule has 1 aliphatic rings. The molecule has 8 nitrogen and oxygen atoms in total. The summed E-state index contributed by atoms with van der Waals surface area (Å²) in [5, 5.41) is 12.6. The van der Waals surface area contributed by atoms with E-state index in [1.165, 1.54) is 11.8 Å². The zero-order chi connectivity index (χ0) is 21.8. The molecule has 1 aromatic heterocycles. The lowest BCUT2D eigenvalue weighted by Crippen LogP contribution is -2.28. The minimum Gasteiger partial charge on any atom is -0.486 e. The molecule has 162 valence electrons. The van der Waals surface area contributed by atoms with Crippen LogP contribution in [0.1, 0.15) is 24.4 Å². The highest BCUT2D eigenvalue weighted by molar-refractivity contribution is 7.99. The van der Waals surface area contributed by atoms with Crippen LogP contribution in [0.5, 0.6) is 17.2 Å². The fourth-order valence-corrected chi connectivity index (χ4v) is 3.82. The topological polar surface area (TPSA) is 87.5 Å². The van der Waals surface area contributed by atoms with Gasteiger partial charge in [0.15, 0.2) is 22.5 Å². The van der Waals surface area contributed by atoms with Crippen molar-refractivity contribution in [3.8, 4) is 17.2 Å². The van der Waals surface area contributed by atoms with E-state index in [-0.39, 0.29) is 31.1 Å². The summed E-state index contributed by atoms with van der Waals surface area (Å²) in [5.41, 5.74) is 0.947. The van der Waals surface area contributed by atoms with Crippen LogP contribution in [0.15, 0.2) is 47.6 Å². The molecule has 2 heterocycles. The molecular formula is C21H21ClN4O4S. The van der Waals surface area contributed by atoms with Crippen molar-refractivity contribution in [2.24, 2.45) is 7.05 Å². The molecule has 3 aromatic rings. The van der Waals surface area contributed by atoms with E-state index in [1.54, 1.807) is 24.3 Å². The van der Waals surface area contributed by atoms with Gasteiger partial charge in [0.25, 0.3) is 0 Å². The number of halogens is 1. The Balaban J connectivity index is 1.27. The van der Waals surface area contributed by atoms with Gasteiger partial charge in [-0.25, -0.2) is 0 Å². The molecule has 0 bridgehead atoms. The third-order valence-corrected chi connectivity index (χ3v) is 5.99. The second-order valence-corrected chi connectivity index (χ2v) is 8.27. The number of fused-ring (bicyclic) bond motifs is 1. The number of hydrogen-bond acceptors (Lipinski definition) is 7. The monoisotopic (exact) mass is 460 g/mol. The molecule has 31 heavy (non-hydrogen) atoms. The van der Waals surface area contributed by atoms with Crippen LogP contribution in [0.25, 0.3) is 0 Å². The average molecular weight is 461 g/mol. The molecule has 0 unspecified atom stereocenters. The van der Waals surface area contributed by atoms with Crippen molar-refractivity contribution in [3.05, 3.63) is 58.9 Å². The fraction of sp³-hybridized carbons (Fsp3) is 0.286. The quantitative estimate of drug-likeness (QED) is 0.512. The number of nitrogens with zero attached hydrogens (tertiary/aromatic N) is 3. The Morgan fingerprint density at radius 3 is 2.81 bits per heavy atom. The minimum absolute atomic E-state index is 0.0999. The highest BCUT2D eigenvalue weighted by Gasteiger charge is 2.18. The van der Waals surface area contributed by atoms with Crippen LogP contribution in [0, 0.1) is 0 Å². The van der Waals surface area contributed by atoms with E-state index in [1.807, 2.05) is 36.7 Å². The number of rotatable bonds is 8. The van der Waals surface area contributed by atoms with Crippen LogP contribution >= 0.6 is 23.4 Å². The first-order valence-corrected chi connectivity index (χ1v) is 10.9. The van der Waals surface area contributed by atoms with Crippen LogP contribution in [-0.4, -0.2) is 33.2 Å². The molecule has 1 amide bonds. The van der Waals surface area contributed by atoms with Crippen molar-refractivity contribution in [1.82, 2.24) is 20.1 Å². The Labute approximate surface area is 188 Å². The van der Waals surface area contributed by atoms with Gasteiger partial charge in [-0.15, -0.1) is 10.2 Å². The molecule has 0 fully saturated rings. The highest BCUT2D eigenvalue weighted by atomic mass is 35.5. The summed E-state index contributed by atoms with van der Waals surface area (Å²) in [7, 11) is 1.84. The van der Waals surface area contributed by atoms with Gasteiger partial charge in [0.2, 0.25) is 12.7 Å². The van der Waals surface area contributed by atoms with Gasteiger partial charge in [0.1, 0.15) is 12.4 Å². The molecule has 0 saturated heterocycles. The number of amides is 1. The van der Waals surface area contributed by atoms with Crippen molar-refractivity contribution in [2.45, 2.75) is 24.7 Å². The highest BCUT2D eigenvalue weighted by Crippen LogP contribution is 2.34. The number of benzene rings is 2. The molecule has 1 N–H and O–H groups in total. The number of thioether (sulfide) groups is 1. The largest absolute Gasteiger partial charge is 0.486 e. The van der Waals surface area contributed by atoms with E-state index in [4.69, 9.17) is 25.8 Å². The van der Waals surface area contributed by atoms with E-state index in [2.05, 4.69) is 15.5 Å². The molecule has 0 radical (unpaired) electrons. The van der Waals surface area contributed by atoms with E-state index < -0.39 is 0 Å². The second-order valence-electron chi connectivity index (χ2n) is 6.89.